The van der Waals surface area contributed by atoms with Crippen LogP contribution in [0.2, 0.25) is 0 Å². The quantitative estimate of drug-likeness (QED) is 0.613. The highest BCUT2D eigenvalue weighted by Gasteiger charge is 1.81. The summed E-state index contributed by atoms with van der Waals surface area (Å²) >= 11 is 0. The fourth-order valence-corrected chi connectivity index (χ4v) is 0.468. The van der Waals surface area contributed by atoms with Crippen molar-refractivity contribution in [3.63, 3.8) is 0 Å². The average Bonchev–Trinajstić information content (AvgIpc) is 2.08. The Balaban J connectivity index is 0.000000292. The zero-order chi connectivity index (χ0) is 8.53. The molecule has 0 N–H and O–H groups in total. The second-order valence-electron chi connectivity index (χ2n) is 1.80. The Morgan fingerprint density at radius 3 is 2.18 bits per heavy atom. The zero-order valence-corrected chi connectivity index (χ0v) is 7.07. The summed E-state index contributed by atoms with van der Waals surface area (Å²) in [6.07, 6.45) is 3.38. The van der Waals surface area contributed by atoms with E-state index in [4.69, 9.17) is 4.74 Å². The Kier molecular flexibility index (Phi) is 6.33. The van der Waals surface area contributed by atoms with Gasteiger partial charge in [0.1, 0.15) is 5.75 Å². The van der Waals surface area contributed by atoms with Crippen molar-refractivity contribution in [2.24, 2.45) is 0 Å². The lowest BCUT2D eigenvalue weighted by Gasteiger charge is -1.93. The molecule has 0 spiro atoms. The third-order valence-electron chi connectivity index (χ3n) is 0.870. The van der Waals surface area contributed by atoms with Crippen molar-refractivity contribution in [3.05, 3.63) is 24.5 Å². The molecule has 3 nitrogen and oxygen atoms in total. The van der Waals surface area contributed by atoms with E-state index in [0.717, 1.165) is 5.75 Å². The van der Waals surface area contributed by atoms with Crippen molar-refractivity contribution < 1.29 is 9.47 Å². The third-order valence-corrected chi connectivity index (χ3v) is 0.870. The van der Waals surface area contributed by atoms with E-state index < -0.39 is 0 Å². The molecule has 0 saturated heterocycles. The van der Waals surface area contributed by atoms with E-state index in [0.29, 0.717) is 0 Å². The minimum Gasteiger partial charge on any atom is -0.495 e. The number of aromatic nitrogens is 1. The Morgan fingerprint density at radius 2 is 1.91 bits per heavy atom. The topological polar surface area (TPSA) is 31.4 Å². The maximum atomic E-state index is 4.85. The molecule has 0 fully saturated rings. The van der Waals surface area contributed by atoms with Gasteiger partial charge >= 0.3 is 0 Å². The molecule has 11 heavy (non-hydrogen) atoms. The molecule has 0 aromatic carbocycles. The lowest BCUT2D eigenvalue weighted by Crippen LogP contribution is -1.80. The minimum atomic E-state index is 0.799. The normalized spacial score (nSPS) is 7.91. The number of nitrogens with zero attached hydrogens (tertiary/aromatic N) is 1. The second kappa shape index (κ2) is 7.02. The van der Waals surface area contributed by atoms with Gasteiger partial charge in [-0.05, 0) is 12.1 Å². The predicted octanol–water partition coefficient (Wildman–Crippen LogP) is 1.35. The molecular weight excluding hydrogens is 142 g/mol. The summed E-state index contributed by atoms with van der Waals surface area (Å²) in [6, 6.07) is 3.69. The second-order valence-corrected chi connectivity index (χ2v) is 1.80. The van der Waals surface area contributed by atoms with Gasteiger partial charge in [-0.3, -0.25) is 4.98 Å². The molecule has 0 amide bonds. The van der Waals surface area contributed by atoms with E-state index in [1.807, 2.05) is 12.1 Å². The Morgan fingerprint density at radius 1 is 1.27 bits per heavy atom. The highest BCUT2D eigenvalue weighted by Crippen LogP contribution is 2.02. The molecule has 1 heterocycles. The maximum absolute atomic E-state index is 4.85. The van der Waals surface area contributed by atoms with E-state index in [-0.39, 0.29) is 0 Å². The minimum absolute atomic E-state index is 0.799. The van der Waals surface area contributed by atoms with Gasteiger partial charge in [0.15, 0.2) is 0 Å². The molecule has 0 aliphatic heterocycles. The summed E-state index contributed by atoms with van der Waals surface area (Å²) in [7, 11) is 4.87. The standard InChI is InChI=1S/C6H7NO.C2H6O/c1-8-6-3-2-4-7-5-6;1-3-2/h2-5H,1H3;1-2H3. The summed E-state index contributed by atoms with van der Waals surface area (Å²) in [6.45, 7) is 0. The van der Waals surface area contributed by atoms with Crippen LogP contribution in [-0.4, -0.2) is 26.3 Å². The maximum Gasteiger partial charge on any atom is 0.137 e. The van der Waals surface area contributed by atoms with Crippen LogP contribution in [-0.2, 0) is 4.74 Å². The van der Waals surface area contributed by atoms with Crippen LogP contribution in [0.25, 0.3) is 0 Å². The predicted molar refractivity (Wildman–Crippen MR) is 43.7 cm³/mol. The first-order valence-electron chi connectivity index (χ1n) is 3.19. The first kappa shape index (κ1) is 9.91. The molecule has 1 rings (SSSR count). The number of rotatable bonds is 1. The van der Waals surface area contributed by atoms with Gasteiger partial charge in [-0.2, -0.15) is 0 Å². The molecular formula is C8H13NO2. The Hall–Kier alpha value is -1.09. The number of hydrogen-bond donors (Lipinski definition) is 0. The van der Waals surface area contributed by atoms with Crippen LogP contribution < -0.4 is 4.74 Å². The number of ether oxygens (including phenoxy) is 2. The number of methoxy groups -OCH3 is 2. The van der Waals surface area contributed by atoms with Crippen LogP contribution in [0.15, 0.2) is 24.5 Å². The van der Waals surface area contributed by atoms with E-state index in [2.05, 4.69) is 9.72 Å². The van der Waals surface area contributed by atoms with Crippen LogP contribution in [0.1, 0.15) is 0 Å². The fraction of sp³-hybridized carbons (Fsp3) is 0.375. The lowest BCUT2D eigenvalue weighted by molar-refractivity contribution is 0.277. The van der Waals surface area contributed by atoms with E-state index >= 15 is 0 Å². The molecule has 0 bridgehead atoms. The van der Waals surface area contributed by atoms with Crippen molar-refractivity contribution in [1.82, 2.24) is 4.98 Å². The van der Waals surface area contributed by atoms with E-state index in [1.54, 1.807) is 33.7 Å². The van der Waals surface area contributed by atoms with Crippen molar-refractivity contribution >= 4 is 0 Å². The molecule has 0 atom stereocenters. The fourth-order valence-electron chi connectivity index (χ4n) is 0.468. The van der Waals surface area contributed by atoms with Gasteiger partial charge in [0.05, 0.1) is 13.3 Å². The molecule has 0 saturated carbocycles. The van der Waals surface area contributed by atoms with Crippen LogP contribution in [0.3, 0.4) is 0 Å². The van der Waals surface area contributed by atoms with Crippen LogP contribution in [0.5, 0.6) is 5.75 Å². The smallest absolute Gasteiger partial charge is 0.137 e. The average molecular weight is 155 g/mol. The van der Waals surface area contributed by atoms with Crippen molar-refractivity contribution in [2.75, 3.05) is 21.3 Å². The van der Waals surface area contributed by atoms with Gasteiger partial charge in [-0.1, -0.05) is 0 Å². The number of hydrogen-bond acceptors (Lipinski definition) is 3. The summed E-state index contributed by atoms with van der Waals surface area (Å²) in [4.78, 5) is 3.83. The molecule has 1 aromatic rings. The molecule has 0 aliphatic carbocycles. The Bertz CT molecular complexity index is 165. The van der Waals surface area contributed by atoms with Gasteiger partial charge in [-0.25, -0.2) is 0 Å². The molecule has 0 aliphatic rings. The first-order chi connectivity index (χ1) is 5.35. The highest BCUT2D eigenvalue weighted by molar-refractivity contribution is 5.14. The van der Waals surface area contributed by atoms with Crippen molar-refractivity contribution in [3.8, 4) is 5.75 Å². The van der Waals surface area contributed by atoms with E-state index in [9.17, 15) is 0 Å². The summed E-state index contributed by atoms with van der Waals surface area (Å²) in [5, 5.41) is 0. The van der Waals surface area contributed by atoms with Crippen molar-refractivity contribution in [2.45, 2.75) is 0 Å². The SMILES string of the molecule is COC.COc1cccnc1. The van der Waals surface area contributed by atoms with Gasteiger partial charge in [0.25, 0.3) is 0 Å². The first-order valence-corrected chi connectivity index (χ1v) is 3.19. The molecule has 0 radical (unpaired) electrons. The highest BCUT2D eigenvalue weighted by atomic mass is 16.5. The van der Waals surface area contributed by atoms with Gasteiger partial charge < -0.3 is 9.47 Å². The summed E-state index contributed by atoms with van der Waals surface area (Å²) in [5.74, 6) is 0.799. The largest absolute Gasteiger partial charge is 0.495 e. The zero-order valence-electron chi connectivity index (χ0n) is 7.07. The molecule has 0 unspecified atom stereocenters. The van der Waals surface area contributed by atoms with Crippen LogP contribution in [0, 0.1) is 0 Å². The van der Waals surface area contributed by atoms with Crippen LogP contribution >= 0.6 is 0 Å². The van der Waals surface area contributed by atoms with Gasteiger partial charge in [-0.15, -0.1) is 0 Å². The summed E-state index contributed by atoms with van der Waals surface area (Å²) < 4.78 is 9.10. The van der Waals surface area contributed by atoms with Crippen LogP contribution in [0.4, 0.5) is 0 Å². The Labute approximate surface area is 67.0 Å². The van der Waals surface area contributed by atoms with E-state index in [1.165, 1.54) is 0 Å². The molecule has 1 aromatic heterocycles. The van der Waals surface area contributed by atoms with Gasteiger partial charge in [0.2, 0.25) is 0 Å². The third kappa shape index (κ3) is 5.36. The lowest BCUT2D eigenvalue weighted by atomic mass is 10.5. The van der Waals surface area contributed by atoms with Gasteiger partial charge in [0, 0.05) is 20.4 Å². The molecule has 62 valence electrons. The number of pyridine rings is 1. The monoisotopic (exact) mass is 155 g/mol. The van der Waals surface area contributed by atoms with Crippen molar-refractivity contribution in [1.29, 1.82) is 0 Å². The molecule has 3 heteroatoms. The summed E-state index contributed by atoms with van der Waals surface area (Å²) in [5.41, 5.74) is 0.